The van der Waals surface area contributed by atoms with E-state index in [0.717, 1.165) is 22.0 Å². The van der Waals surface area contributed by atoms with Gasteiger partial charge in [-0.25, -0.2) is 4.98 Å². The van der Waals surface area contributed by atoms with Gasteiger partial charge >= 0.3 is 0 Å². The van der Waals surface area contributed by atoms with Gasteiger partial charge in [0.25, 0.3) is 0 Å². The average molecular weight is 476 g/mol. The number of benzene rings is 1. The molecule has 0 aliphatic heterocycles. The van der Waals surface area contributed by atoms with Crippen LogP contribution in [0.25, 0.3) is 0 Å². The smallest absolute Gasteiger partial charge is 0.191 e. The van der Waals surface area contributed by atoms with E-state index >= 15 is 0 Å². The SMILES string of the molecule is CN=C(NCc1nc(C)c(C)s1)NCc1cccc(OC)c1OC.I. The zero-order valence-corrected chi connectivity index (χ0v) is 18.3. The number of para-hydroxylation sites is 1. The highest BCUT2D eigenvalue weighted by Gasteiger charge is 2.10. The Morgan fingerprint density at radius 3 is 2.44 bits per heavy atom. The van der Waals surface area contributed by atoms with Gasteiger partial charge in [0, 0.05) is 24.0 Å². The van der Waals surface area contributed by atoms with Crippen molar-refractivity contribution in [2.45, 2.75) is 26.9 Å². The number of aromatic nitrogens is 1. The number of nitrogens with one attached hydrogen (secondary N) is 2. The first kappa shape index (κ1) is 21.5. The van der Waals surface area contributed by atoms with Crippen molar-refractivity contribution >= 4 is 41.3 Å². The van der Waals surface area contributed by atoms with Gasteiger partial charge in [-0.3, -0.25) is 4.99 Å². The topological polar surface area (TPSA) is 67.8 Å². The number of guanidine groups is 1. The molecule has 0 atom stereocenters. The number of hydrogen-bond donors (Lipinski definition) is 2. The molecule has 2 rings (SSSR count). The Hall–Kier alpha value is -1.55. The van der Waals surface area contributed by atoms with Crippen LogP contribution in [0.3, 0.4) is 0 Å². The fourth-order valence-corrected chi connectivity index (χ4v) is 3.14. The number of halogens is 1. The molecule has 138 valence electrons. The van der Waals surface area contributed by atoms with Crippen molar-refractivity contribution in [2.24, 2.45) is 4.99 Å². The maximum atomic E-state index is 5.44. The Kier molecular flexibility index (Phi) is 8.98. The van der Waals surface area contributed by atoms with Crippen molar-refractivity contribution in [3.8, 4) is 11.5 Å². The minimum absolute atomic E-state index is 0. The second-order valence-corrected chi connectivity index (χ2v) is 6.47. The minimum Gasteiger partial charge on any atom is -0.493 e. The van der Waals surface area contributed by atoms with Crippen molar-refractivity contribution in [1.82, 2.24) is 15.6 Å². The molecule has 6 nitrogen and oxygen atoms in total. The quantitative estimate of drug-likeness (QED) is 0.381. The number of aryl methyl sites for hydroxylation is 2. The van der Waals surface area contributed by atoms with E-state index in [1.54, 1.807) is 32.6 Å². The molecule has 0 bridgehead atoms. The van der Waals surface area contributed by atoms with Crippen LogP contribution in [0.5, 0.6) is 11.5 Å². The van der Waals surface area contributed by atoms with Crippen LogP contribution in [-0.4, -0.2) is 32.2 Å². The van der Waals surface area contributed by atoms with E-state index in [2.05, 4.69) is 27.5 Å². The maximum absolute atomic E-state index is 5.44. The normalized spacial score (nSPS) is 10.8. The largest absolute Gasteiger partial charge is 0.493 e. The van der Waals surface area contributed by atoms with Gasteiger partial charge < -0.3 is 20.1 Å². The molecule has 0 fully saturated rings. The fraction of sp³-hybridized carbons (Fsp3) is 0.412. The van der Waals surface area contributed by atoms with Gasteiger partial charge in [0.2, 0.25) is 0 Å². The monoisotopic (exact) mass is 476 g/mol. The van der Waals surface area contributed by atoms with E-state index in [1.807, 2.05) is 25.1 Å². The van der Waals surface area contributed by atoms with E-state index in [9.17, 15) is 0 Å². The molecular formula is C17H25IN4O2S. The van der Waals surface area contributed by atoms with Gasteiger partial charge in [-0.15, -0.1) is 35.3 Å². The third-order valence-electron chi connectivity index (χ3n) is 3.63. The molecule has 1 heterocycles. The van der Waals surface area contributed by atoms with Gasteiger partial charge in [-0.1, -0.05) is 12.1 Å². The first-order valence-corrected chi connectivity index (χ1v) is 8.48. The van der Waals surface area contributed by atoms with Crippen molar-refractivity contribution in [3.05, 3.63) is 39.3 Å². The van der Waals surface area contributed by atoms with Crippen LogP contribution in [-0.2, 0) is 13.1 Å². The average Bonchev–Trinajstić information content (AvgIpc) is 2.92. The van der Waals surface area contributed by atoms with Crippen molar-refractivity contribution < 1.29 is 9.47 Å². The molecule has 0 saturated carbocycles. The van der Waals surface area contributed by atoms with Crippen LogP contribution in [0.4, 0.5) is 0 Å². The number of thiazole rings is 1. The summed E-state index contributed by atoms with van der Waals surface area (Å²) in [5.74, 6) is 2.16. The van der Waals surface area contributed by atoms with E-state index in [0.29, 0.717) is 24.8 Å². The summed E-state index contributed by atoms with van der Waals surface area (Å²) < 4.78 is 10.8. The summed E-state index contributed by atoms with van der Waals surface area (Å²) >= 11 is 1.70. The van der Waals surface area contributed by atoms with Crippen molar-refractivity contribution in [3.63, 3.8) is 0 Å². The third-order valence-corrected chi connectivity index (χ3v) is 4.71. The highest BCUT2D eigenvalue weighted by molar-refractivity contribution is 14.0. The Morgan fingerprint density at radius 1 is 1.16 bits per heavy atom. The molecule has 2 N–H and O–H groups in total. The van der Waals surface area contributed by atoms with Crippen LogP contribution in [0, 0.1) is 13.8 Å². The minimum atomic E-state index is 0. The molecule has 0 spiro atoms. The zero-order chi connectivity index (χ0) is 17.5. The molecule has 25 heavy (non-hydrogen) atoms. The molecular weight excluding hydrogens is 451 g/mol. The van der Waals surface area contributed by atoms with Crippen LogP contribution in [0.15, 0.2) is 23.2 Å². The lowest BCUT2D eigenvalue weighted by molar-refractivity contribution is 0.351. The Morgan fingerprint density at radius 2 is 1.88 bits per heavy atom. The van der Waals surface area contributed by atoms with E-state index in [-0.39, 0.29) is 24.0 Å². The number of aliphatic imine (C=N–C) groups is 1. The molecule has 0 aliphatic carbocycles. The Bertz CT molecular complexity index is 699. The predicted molar refractivity (Wildman–Crippen MR) is 114 cm³/mol. The maximum Gasteiger partial charge on any atom is 0.191 e. The molecule has 0 aliphatic rings. The molecule has 2 aromatic rings. The third kappa shape index (κ3) is 5.74. The van der Waals surface area contributed by atoms with Crippen molar-refractivity contribution in [1.29, 1.82) is 0 Å². The number of nitrogens with zero attached hydrogens (tertiary/aromatic N) is 2. The van der Waals surface area contributed by atoms with Crippen molar-refractivity contribution in [2.75, 3.05) is 21.3 Å². The van der Waals surface area contributed by atoms with E-state index in [4.69, 9.17) is 9.47 Å². The molecule has 0 unspecified atom stereocenters. The summed E-state index contributed by atoms with van der Waals surface area (Å²) in [6.07, 6.45) is 0. The molecule has 0 radical (unpaired) electrons. The second-order valence-electron chi connectivity index (χ2n) is 5.18. The van der Waals surface area contributed by atoms with Crippen LogP contribution >= 0.6 is 35.3 Å². The Labute approximate surface area is 170 Å². The van der Waals surface area contributed by atoms with Gasteiger partial charge in [-0.2, -0.15) is 0 Å². The molecule has 1 aromatic carbocycles. The fourth-order valence-electron chi connectivity index (χ4n) is 2.27. The van der Waals surface area contributed by atoms with Crippen LogP contribution < -0.4 is 20.1 Å². The zero-order valence-electron chi connectivity index (χ0n) is 15.2. The molecule has 0 saturated heterocycles. The van der Waals surface area contributed by atoms with Crippen LogP contribution in [0.2, 0.25) is 0 Å². The summed E-state index contributed by atoms with van der Waals surface area (Å²) in [6, 6.07) is 5.81. The lowest BCUT2D eigenvalue weighted by atomic mass is 10.2. The summed E-state index contributed by atoms with van der Waals surface area (Å²) in [7, 11) is 5.02. The lowest BCUT2D eigenvalue weighted by Crippen LogP contribution is -2.36. The summed E-state index contributed by atoms with van der Waals surface area (Å²) in [5, 5.41) is 7.61. The summed E-state index contributed by atoms with van der Waals surface area (Å²) in [4.78, 5) is 10.0. The first-order chi connectivity index (χ1) is 11.6. The molecule has 8 heteroatoms. The van der Waals surface area contributed by atoms with E-state index in [1.165, 1.54) is 4.88 Å². The number of hydrogen-bond acceptors (Lipinski definition) is 5. The number of methoxy groups -OCH3 is 2. The highest BCUT2D eigenvalue weighted by atomic mass is 127. The highest BCUT2D eigenvalue weighted by Crippen LogP contribution is 2.30. The van der Waals surface area contributed by atoms with Gasteiger partial charge in [0.15, 0.2) is 17.5 Å². The second kappa shape index (κ2) is 10.4. The predicted octanol–water partition coefficient (Wildman–Crippen LogP) is 3.26. The molecule has 1 aromatic heterocycles. The Balaban J connectivity index is 0.00000312. The lowest BCUT2D eigenvalue weighted by Gasteiger charge is -2.15. The van der Waals surface area contributed by atoms with Gasteiger partial charge in [0.1, 0.15) is 5.01 Å². The van der Waals surface area contributed by atoms with Gasteiger partial charge in [-0.05, 0) is 19.9 Å². The first-order valence-electron chi connectivity index (χ1n) is 7.66. The summed E-state index contributed by atoms with van der Waals surface area (Å²) in [6.45, 7) is 5.33. The van der Waals surface area contributed by atoms with Crippen LogP contribution in [0.1, 0.15) is 21.1 Å². The molecule has 0 amide bonds. The van der Waals surface area contributed by atoms with Gasteiger partial charge in [0.05, 0.1) is 26.5 Å². The summed E-state index contributed by atoms with van der Waals surface area (Å²) in [5.41, 5.74) is 2.08. The standard InChI is InChI=1S/C17H24N4O2S.HI/c1-11-12(2)24-15(21-11)10-20-17(18-3)19-9-13-7-6-8-14(22-4)16(13)23-5;/h6-8H,9-10H2,1-5H3,(H2,18,19,20);1H. The van der Waals surface area contributed by atoms with E-state index < -0.39 is 0 Å². The number of rotatable bonds is 6. The number of ether oxygens (including phenoxy) is 2.